The summed E-state index contributed by atoms with van der Waals surface area (Å²) in [6, 6.07) is 8.18. The minimum Gasteiger partial charge on any atom is -0.507 e. The van der Waals surface area contributed by atoms with Crippen molar-refractivity contribution >= 4 is 112 Å². The number of hydrogen-bond acceptors (Lipinski definition) is 15. The van der Waals surface area contributed by atoms with Crippen molar-refractivity contribution in [1.29, 1.82) is 0 Å². The standard InChI is InChI=1S/C50H69IN12O10S2/c1-25(2)41(50(73)61-39(24-75)49(72)63-42(26(3)64)43(55)66)62-45(68)35(10-6-7-17-52)57-47(70)37(21-29-22-56-34-9-5-4-8-31(29)34)59-46(69)36(20-28-13-16-40(65)32(51)18-28)58-48(71)38(23-74)60-44(67)33(54)19-27-11-14-30(53)15-12-27/h4-5,8-9,11-16,18,22,25-26,33,35-39,41-42,56,64-65,74-75H,6-7,10,17,19-21,23-24,52-54H2,1-3H3,(H2,55,66)(H,57,70)(H,58,71)(H,59,69)(H,60,67)(H,61,73)(H,62,68)(H,63,72)/t26-,33-,35+,36+,37-,38+,39+,41+,42+/m1/s1. The second-order valence-electron chi connectivity index (χ2n) is 18.4. The van der Waals surface area contributed by atoms with Gasteiger partial charge < -0.3 is 75.3 Å². The number of nitrogens with one attached hydrogen (secondary N) is 8. The summed E-state index contributed by atoms with van der Waals surface area (Å²) in [5, 5.41) is 39.4. The van der Waals surface area contributed by atoms with Crippen LogP contribution in [0.2, 0.25) is 0 Å². The van der Waals surface area contributed by atoms with Gasteiger partial charge in [0.2, 0.25) is 47.3 Å². The number of nitrogens with two attached hydrogens (primary N) is 4. The number of benzene rings is 3. The number of para-hydroxylation sites is 1. The Morgan fingerprint density at radius 3 is 1.73 bits per heavy atom. The molecule has 9 atom stereocenters. The van der Waals surface area contributed by atoms with Crippen molar-refractivity contribution < 1.29 is 48.6 Å². The Hall–Kier alpha value is -6.13. The molecule has 0 aliphatic heterocycles. The summed E-state index contributed by atoms with van der Waals surface area (Å²) >= 11 is 10.4. The zero-order valence-corrected chi connectivity index (χ0v) is 45.8. The average Bonchev–Trinajstić information content (AvgIpc) is 3.78. The van der Waals surface area contributed by atoms with E-state index in [1.54, 1.807) is 62.5 Å². The molecule has 0 fully saturated rings. The number of aromatic hydroxyl groups is 1. The molecule has 0 radical (unpaired) electrons. The van der Waals surface area contributed by atoms with Gasteiger partial charge in [0, 0.05) is 47.1 Å². The van der Waals surface area contributed by atoms with Crippen LogP contribution < -0.4 is 60.2 Å². The van der Waals surface area contributed by atoms with Gasteiger partial charge in [-0.25, -0.2) is 0 Å². The highest BCUT2D eigenvalue weighted by Gasteiger charge is 2.36. The summed E-state index contributed by atoms with van der Waals surface area (Å²) in [5.41, 5.74) is 26.3. The van der Waals surface area contributed by atoms with E-state index in [1.807, 2.05) is 40.8 Å². The van der Waals surface area contributed by atoms with Crippen molar-refractivity contribution in [3.05, 3.63) is 93.2 Å². The van der Waals surface area contributed by atoms with E-state index >= 15 is 0 Å². The van der Waals surface area contributed by atoms with Gasteiger partial charge in [0.1, 0.15) is 48.0 Å². The number of aromatic amines is 1. The Bertz CT molecular complexity index is 2620. The molecule has 8 amide bonds. The predicted molar refractivity (Wildman–Crippen MR) is 299 cm³/mol. The molecule has 18 N–H and O–H groups in total. The molecule has 75 heavy (non-hydrogen) atoms. The molecule has 4 rings (SSSR count). The molecule has 3 aromatic carbocycles. The Labute approximate surface area is 459 Å². The van der Waals surface area contributed by atoms with Crippen molar-refractivity contribution in [2.45, 2.75) is 114 Å². The number of aliphatic hydroxyl groups excluding tert-OH is 1. The SMILES string of the molecule is CC(C)[C@H](NC(=O)[C@H](CCCCN)NC(=O)[C@@H](Cc1c[nH]c2ccccc12)NC(=O)[C@H](Cc1ccc(O)c(I)c1)NC(=O)[C@H](CS)NC(=O)[C@H](N)Cc1ccc(N)cc1)C(=O)N[C@@H](CS)C(=O)N[C@H](C(N)=O)[C@@H](C)O. The fourth-order valence-corrected chi connectivity index (χ4v) is 8.93. The van der Waals surface area contributed by atoms with Gasteiger partial charge in [-0.2, -0.15) is 25.3 Å². The van der Waals surface area contributed by atoms with Gasteiger partial charge >= 0.3 is 0 Å². The van der Waals surface area contributed by atoms with Gasteiger partial charge in [-0.1, -0.05) is 50.2 Å². The summed E-state index contributed by atoms with van der Waals surface area (Å²) in [6.45, 7) is 4.80. The maximum Gasteiger partial charge on any atom is 0.244 e. The van der Waals surface area contributed by atoms with Crippen molar-refractivity contribution in [1.82, 2.24) is 42.2 Å². The number of carbonyl (C=O) groups excluding carboxylic acids is 8. The zero-order valence-electron chi connectivity index (χ0n) is 41.8. The van der Waals surface area contributed by atoms with E-state index in [2.05, 4.69) is 67.5 Å². The molecule has 0 bridgehead atoms. The number of H-pyrrole nitrogens is 1. The first-order chi connectivity index (χ1) is 35.6. The summed E-state index contributed by atoms with van der Waals surface area (Å²) in [4.78, 5) is 113. The quantitative estimate of drug-likeness (QED) is 0.0139. The molecule has 0 unspecified atom stereocenters. The third kappa shape index (κ3) is 18.6. The van der Waals surface area contributed by atoms with Crippen LogP contribution in [0.5, 0.6) is 5.75 Å². The van der Waals surface area contributed by atoms with Crippen molar-refractivity contribution in [3.8, 4) is 5.75 Å². The number of fused-ring (bicyclic) bond motifs is 1. The van der Waals surface area contributed by atoms with Crippen LogP contribution in [0.1, 0.15) is 56.7 Å². The number of carbonyl (C=O) groups is 8. The van der Waals surface area contributed by atoms with E-state index in [9.17, 15) is 48.6 Å². The number of hydrogen-bond donors (Lipinski definition) is 16. The molecule has 0 spiro atoms. The van der Waals surface area contributed by atoms with E-state index in [0.717, 1.165) is 16.5 Å². The first kappa shape index (κ1) is 61.4. The highest BCUT2D eigenvalue weighted by atomic mass is 127. The largest absolute Gasteiger partial charge is 0.507 e. The number of rotatable bonds is 29. The van der Waals surface area contributed by atoms with Gasteiger partial charge in [-0.3, -0.25) is 38.4 Å². The number of unbranched alkanes of at least 4 members (excludes halogenated alkanes) is 1. The number of amides is 8. The minimum absolute atomic E-state index is 0.0173. The molecule has 4 aromatic rings. The lowest BCUT2D eigenvalue weighted by molar-refractivity contribution is -0.136. The number of phenols is 1. The molecule has 0 saturated carbocycles. The number of thiol groups is 2. The maximum atomic E-state index is 14.7. The van der Waals surface area contributed by atoms with E-state index in [0.29, 0.717) is 33.2 Å². The molecule has 408 valence electrons. The molecular formula is C50H69IN12O10S2. The first-order valence-corrected chi connectivity index (χ1v) is 26.6. The molecule has 1 aromatic heterocycles. The number of halogens is 1. The predicted octanol–water partition coefficient (Wildman–Crippen LogP) is -0.680. The Morgan fingerprint density at radius 1 is 0.640 bits per heavy atom. The number of primary amides is 1. The average molecular weight is 1190 g/mol. The lowest BCUT2D eigenvalue weighted by atomic mass is 10.00. The summed E-state index contributed by atoms with van der Waals surface area (Å²) in [6.07, 6.45) is 1.05. The Morgan fingerprint density at radius 2 is 1.16 bits per heavy atom. The maximum absolute atomic E-state index is 14.7. The van der Waals surface area contributed by atoms with Crippen LogP contribution in [0.3, 0.4) is 0 Å². The highest BCUT2D eigenvalue weighted by molar-refractivity contribution is 14.1. The van der Waals surface area contributed by atoms with Gasteiger partial charge in [0.05, 0.1) is 15.7 Å². The molecule has 0 saturated heterocycles. The third-order valence-electron chi connectivity index (χ3n) is 12.1. The van der Waals surface area contributed by atoms with Crippen molar-refractivity contribution in [3.63, 3.8) is 0 Å². The fraction of sp³-hybridized carbons (Fsp3) is 0.440. The third-order valence-corrected chi connectivity index (χ3v) is 13.7. The van der Waals surface area contributed by atoms with Crippen LogP contribution in [0.15, 0.2) is 72.9 Å². The second kappa shape index (κ2) is 29.8. The number of anilines is 1. The van der Waals surface area contributed by atoms with Crippen LogP contribution in [0.25, 0.3) is 10.9 Å². The molecular weight excluding hydrogens is 1120 g/mol. The van der Waals surface area contributed by atoms with E-state index < -0.39 is 108 Å². The minimum atomic E-state index is -1.46. The lowest BCUT2D eigenvalue weighted by Gasteiger charge is -2.29. The number of aliphatic hydroxyl groups is 1. The van der Waals surface area contributed by atoms with Gasteiger partial charge in [0.25, 0.3) is 0 Å². The lowest BCUT2D eigenvalue weighted by Crippen LogP contribution is -2.62. The molecule has 1 heterocycles. The molecule has 25 heteroatoms. The summed E-state index contributed by atoms with van der Waals surface area (Å²) in [5.74, 6) is -7.56. The summed E-state index contributed by atoms with van der Waals surface area (Å²) < 4.78 is 0.456. The molecule has 0 aliphatic rings. The van der Waals surface area contributed by atoms with Crippen LogP contribution in [0.4, 0.5) is 5.69 Å². The van der Waals surface area contributed by atoms with E-state index in [4.69, 9.17) is 22.9 Å². The highest BCUT2D eigenvalue weighted by Crippen LogP contribution is 2.22. The number of aromatic nitrogens is 1. The van der Waals surface area contributed by atoms with E-state index in [1.165, 1.54) is 13.0 Å². The van der Waals surface area contributed by atoms with Crippen LogP contribution in [-0.4, -0.2) is 135 Å². The Balaban J connectivity index is 1.64. The van der Waals surface area contributed by atoms with Gasteiger partial charge in [0.15, 0.2) is 0 Å². The number of phenolic OH excluding ortho intramolecular Hbond substituents is 1. The fourth-order valence-electron chi connectivity index (χ4n) is 7.83. The zero-order chi connectivity index (χ0) is 55.5. The Kier molecular flexibility index (Phi) is 24.4. The normalized spacial score (nSPS) is 14.9. The second-order valence-corrected chi connectivity index (χ2v) is 20.3. The topological polar surface area (TPSA) is 381 Å². The van der Waals surface area contributed by atoms with E-state index in [-0.39, 0.29) is 49.5 Å². The van der Waals surface area contributed by atoms with Gasteiger partial charge in [-0.05, 0) is 115 Å². The van der Waals surface area contributed by atoms with Crippen LogP contribution >= 0.6 is 47.8 Å². The van der Waals surface area contributed by atoms with Gasteiger partial charge in [-0.15, -0.1) is 0 Å². The monoisotopic (exact) mass is 1190 g/mol. The summed E-state index contributed by atoms with van der Waals surface area (Å²) in [7, 11) is 0. The van der Waals surface area contributed by atoms with Crippen LogP contribution in [-0.2, 0) is 57.6 Å². The smallest absolute Gasteiger partial charge is 0.244 e. The van der Waals surface area contributed by atoms with Crippen LogP contribution in [0, 0.1) is 9.49 Å². The number of nitrogen functional groups attached to an aromatic ring is 1. The van der Waals surface area contributed by atoms with Crippen molar-refractivity contribution in [2.24, 2.45) is 23.1 Å². The molecule has 22 nitrogen and oxygen atoms in total. The first-order valence-electron chi connectivity index (χ1n) is 24.2. The molecule has 0 aliphatic carbocycles. The van der Waals surface area contributed by atoms with Crippen molar-refractivity contribution in [2.75, 3.05) is 23.8 Å².